The molecule has 0 amide bonds. The van der Waals surface area contributed by atoms with Crippen LogP contribution >= 0.6 is 0 Å². The van der Waals surface area contributed by atoms with Gasteiger partial charge in [-0.25, -0.2) is 4.79 Å². The molecule has 11 heavy (non-hydrogen) atoms. The largest absolute Gasteiger partial charge is 0.461 e. The smallest absolute Gasteiger partial charge is 0.337 e. The molecule has 0 aromatic carbocycles. The number of esters is 2. The Kier molecular flexibility index (Phi) is 2.25. The minimum atomic E-state index is -0.398. The van der Waals surface area contributed by atoms with E-state index in [0.717, 1.165) is 0 Å². The zero-order valence-corrected chi connectivity index (χ0v) is 6.12. The third kappa shape index (κ3) is 2.07. The van der Waals surface area contributed by atoms with Crippen molar-refractivity contribution in [2.75, 3.05) is 13.2 Å². The molecule has 0 spiro atoms. The van der Waals surface area contributed by atoms with Gasteiger partial charge in [0.1, 0.15) is 13.2 Å². The van der Waals surface area contributed by atoms with Crippen molar-refractivity contribution in [1.82, 2.24) is 0 Å². The lowest BCUT2D eigenvalue weighted by molar-refractivity contribution is -0.141. The molecule has 1 heterocycles. The van der Waals surface area contributed by atoms with E-state index >= 15 is 0 Å². The van der Waals surface area contributed by atoms with Gasteiger partial charge in [0, 0.05) is 6.92 Å². The Morgan fingerprint density at radius 1 is 1.82 bits per heavy atom. The lowest BCUT2D eigenvalue weighted by Crippen LogP contribution is -2.08. The van der Waals surface area contributed by atoms with E-state index < -0.39 is 11.9 Å². The molecule has 0 saturated heterocycles. The first-order chi connectivity index (χ1) is 5.20. The van der Waals surface area contributed by atoms with Gasteiger partial charge < -0.3 is 9.47 Å². The van der Waals surface area contributed by atoms with Crippen LogP contribution < -0.4 is 0 Å². The number of cyclic esters (lactones) is 1. The van der Waals surface area contributed by atoms with Gasteiger partial charge >= 0.3 is 11.9 Å². The van der Waals surface area contributed by atoms with Crippen molar-refractivity contribution in [3.8, 4) is 0 Å². The molecule has 0 atom stereocenters. The highest BCUT2D eigenvalue weighted by atomic mass is 16.6. The summed E-state index contributed by atoms with van der Waals surface area (Å²) in [5, 5.41) is 0. The highest BCUT2D eigenvalue weighted by molar-refractivity contribution is 5.91. The number of hydrogen-bond donors (Lipinski definition) is 0. The van der Waals surface area contributed by atoms with Crippen molar-refractivity contribution in [3.63, 3.8) is 0 Å². The number of ether oxygens (including phenoxy) is 2. The second-order valence-electron chi connectivity index (χ2n) is 2.11. The molecule has 0 aromatic heterocycles. The van der Waals surface area contributed by atoms with Gasteiger partial charge in [0.15, 0.2) is 0 Å². The maximum absolute atomic E-state index is 10.7. The van der Waals surface area contributed by atoms with Gasteiger partial charge in [-0.2, -0.15) is 0 Å². The normalized spacial score (nSPS) is 15.7. The van der Waals surface area contributed by atoms with Gasteiger partial charge in [-0.15, -0.1) is 0 Å². The lowest BCUT2D eigenvalue weighted by Gasteiger charge is -1.98. The molecule has 0 aromatic rings. The van der Waals surface area contributed by atoms with Crippen LogP contribution in [-0.2, 0) is 19.1 Å². The number of rotatable bonds is 2. The molecular formula is C7H8O4. The second-order valence-corrected chi connectivity index (χ2v) is 2.11. The Balaban J connectivity index is 2.37. The van der Waals surface area contributed by atoms with E-state index in [0.29, 0.717) is 5.57 Å². The van der Waals surface area contributed by atoms with Gasteiger partial charge in [0.05, 0.1) is 5.57 Å². The van der Waals surface area contributed by atoms with Crippen molar-refractivity contribution in [3.05, 3.63) is 11.6 Å². The van der Waals surface area contributed by atoms with Gasteiger partial charge in [0.2, 0.25) is 0 Å². The highest BCUT2D eigenvalue weighted by Crippen LogP contribution is 2.06. The first-order valence-corrected chi connectivity index (χ1v) is 3.19. The van der Waals surface area contributed by atoms with Crippen LogP contribution in [0.2, 0.25) is 0 Å². The number of hydrogen-bond acceptors (Lipinski definition) is 4. The van der Waals surface area contributed by atoms with Crippen molar-refractivity contribution in [1.29, 1.82) is 0 Å². The third-order valence-electron chi connectivity index (χ3n) is 1.24. The van der Waals surface area contributed by atoms with E-state index in [4.69, 9.17) is 0 Å². The minimum Gasteiger partial charge on any atom is -0.461 e. The van der Waals surface area contributed by atoms with E-state index in [-0.39, 0.29) is 13.2 Å². The number of carbonyl (C=O) groups is 2. The van der Waals surface area contributed by atoms with E-state index in [9.17, 15) is 9.59 Å². The predicted molar refractivity (Wildman–Crippen MR) is 35.7 cm³/mol. The van der Waals surface area contributed by atoms with Crippen LogP contribution in [0.3, 0.4) is 0 Å². The van der Waals surface area contributed by atoms with Gasteiger partial charge in [-0.3, -0.25) is 4.79 Å². The van der Waals surface area contributed by atoms with E-state index in [2.05, 4.69) is 9.47 Å². The Morgan fingerprint density at radius 3 is 3.00 bits per heavy atom. The number of carbonyl (C=O) groups excluding carboxylic acids is 2. The summed E-state index contributed by atoms with van der Waals surface area (Å²) in [4.78, 5) is 21.0. The average molecular weight is 156 g/mol. The topological polar surface area (TPSA) is 52.6 Å². The fourth-order valence-corrected chi connectivity index (χ4v) is 0.691. The van der Waals surface area contributed by atoms with Crippen molar-refractivity contribution < 1.29 is 19.1 Å². The highest BCUT2D eigenvalue weighted by Gasteiger charge is 2.16. The summed E-state index contributed by atoms with van der Waals surface area (Å²) in [6.07, 6.45) is 1.60. The van der Waals surface area contributed by atoms with Crippen LogP contribution in [0.1, 0.15) is 6.92 Å². The fourth-order valence-electron chi connectivity index (χ4n) is 0.691. The second kappa shape index (κ2) is 3.18. The SMILES string of the molecule is CC(=O)OCC1=CCOC1=O. The Morgan fingerprint density at radius 2 is 2.55 bits per heavy atom. The third-order valence-corrected chi connectivity index (χ3v) is 1.24. The van der Waals surface area contributed by atoms with Crippen LogP contribution in [0.5, 0.6) is 0 Å². The molecule has 0 radical (unpaired) electrons. The Labute approximate surface area is 63.8 Å². The van der Waals surface area contributed by atoms with Crippen molar-refractivity contribution in [2.45, 2.75) is 6.92 Å². The van der Waals surface area contributed by atoms with Crippen molar-refractivity contribution >= 4 is 11.9 Å². The van der Waals surface area contributed by atoms with Gasteiger partial charge in [0.25, 0.3) is 0 Å². The Hall–Kier alpha value is -1.32. The molecule has 60 valence electrons. The molecule has 1 rings (SSSR count). The summed E-state index contributed by atoms with van der Waals surface area (Å²) in [7, 11) is 0. The first-order valence-electron chi connectivity index (χ1n) is 3.19. The van der Waals surface area contributed by atoms with E-state index in [1.54, 1.807) is 6.08 Å². The first kappa shape index (κ1) is 7.78. The minimum absolute atomic E-state index is 0.0220. The summed E-state index contributed by atoms with van der Waals surface area (Å²) in [6, 6.07) is 0. The average Bonchev–Trinajstić information content (AvgIpc) is 2.31. The van der Waals surface area contributed by atoms with Gasteiger partial charge in [-0.05, 0) is 6.08 Å². The zero-order valence-electron chi connectivity index (χ0n) is 6.12. The molecule has 1 aliphatic heterocycles. The molecular weight excluding hydrogens is 148 g/mol. The van der Waals surface area contributed by atoms with Crippen LogP contribution in [-0.4, -0.2) is 25.2 Å². The summed E-state index contributed by atoms with van der Waals surface area (Å²) < 4.78 is 9.16. The van der Waals surface area contributed by atoms with E-state index in [1.807, 2.05) is 0 Å². The molecule has 1 aliphatic rings. The maximum Gasteiger partial charge on any atom is 0.337 e. The summed E-state index contributed by atoms with van der Waals surface area (Å²) in [5.74, 6) is -0.795. The molecule has 0 saturated carbocycles. The molecule has 4 nitrogen and oxygen atoms in total. The zero-order chi connectivity index (χ0) is 8.27. The molecule has 0 bridgehead atoms. The van der Waals surface area contributed by atoms with E-state index in [1.165, 1.54) is 6.92 Å². The molecule has 4 heteroatoms. The van der Waals surface area contributed by atoms with Gasteiger partial charge in [-0.1, -0.05) is 0 Å². The summed E-state index contributed by atoms with van der Waals surface area (Å²) in [6.45, 7) is 1.60. The molecule has 0 N–H and O–H groups in total. The molecule has 0 aliphatic carbocycles. The monoisotopic (exact) mass is 156 g/mol. The molecule has 0 fully saturated rings. The van der Waals surface area contributed by atoms with Crippen LogP contribution in [0.4, 0.5) is 0 Å². The lowest BCUT2D eigenvalue weighted by atomic mass is 10.3. The maximum atomic E-state index is 10.7. The van der Waals surface area contributed by atoms with Crippen molar-refractivity contribution in [2.24, 2.45) is 0 Å². The van der Waals surface area contributed by atoms with Crippen LogP contribution in [0, 0.1) is 0 Å². The van der Waals surface area contributed by atoms with Crippen LogP contribution in [0.25, 0.3) is 0 Å². The fraction of sp³-hybridized carbons (Fsp3) is 0.429. The standard InChI is InChI=1S/C7H8O4/c1-5(8)11-4-6-2-3-10-7(6)9/h2H,3-4H2,1H3. The summed E-state index contributed by atoms with van der Waals surface area (Å²) >= 11 is 0. The quantitative estimate of drug-likeness (QED) is 0.529. The summed E-state index contributed by atoms with van der Waals surface area (Å²) in [5.41, 5.74) is 0.417. The predicted octanol–water partition coefficient (Wildman–Crippen LogP) is 0.0327. The Bertz CT molecular complexity index is 216. The molecule has 0 unspecified atom stereocenters. The van der Waals surface area contributed by atoms with Crippen LogP contribution in [0.15, 0.2) is 11.6 Å².